The molecule has 0 saturated carbocycles. The van der Waals surface area contributed by atoms with E-state index in [-0.39, 0.29) is 17.2 Å². The number of nitrogens with one attached hydrogen (secondary N) is 1. The lowest BCUT2D eigenvalue weighted by Crippen LogP contribution is -2.40. The lowest BCUT2D eigenvalue weighted by atomic mass is 9.99. The molecule has 1 atom stereocenters. The number of aliphatic hydroxyl groups is 1. The SMILES string of the molecule is O=S(=O)(NCC(O)(c1ccco1)c1cccs1)c1cccc(Cl)c1. The summed E-state index contributed by atoms with van der Waals surface area (Å²) in [5, 5.41) is 13.2. The van der Waals surface area contributed by atoms with Gasteiger partial charge in [0, 0.05) is 9.90 Å². The fourth-order valence-corrected chi connectivity index (χ4v) is 4.43. The maximum absolute atomic E-state index is 12.5. The first-order valence-electron chi connectivity index (χ1n) is 6.97. The molecule has 2 N–H and O–H groups in total. The molecule has 24 heavy (non-hydrogen) atoms. The van der Waals surface area contributed by atoms with Gasteiger partial charge in [-0.2, -0.15) is 0 Å². The molecule has 0 amide bonds. The molecule has 0 fully saturated rings. The van der Waals surface area contributed by atoms with Gasteiger partial charge in [-0.3, -0.25) is 0 Å². The fraction of sp³-hybridized carbons (Fsp3) is 0.125. The summed E-state index contributed by atoms with van der Waals surface area (Å²) in [6.45, 7) is -0.268. The summed E-state index contributed by atoms with van der Waals surface area (Å²) < 4.78 is 32.7. The van der Waals surface area contributed by atoms with Crippen molar-refractivity contribution in [2.45, 2.75) is 10.5 Å². The van der Waals surface area contributed by atoms with Crippen LogP contribution in [0, 0.1) is 0 Å². The van der Waals surface area contributed by atoms with Gasteiger partial charge in [0.2, 0.25) is 10.0 Å². The van der Waals surface area contributed by atoms with Crippen LogP contribution in [-0.4, -0.2) is 20.1 Å². The van der Waals surface area contributed by atoms with Crippen LogP contribution in [0.15, 0.2) is 69.5 Å². The highest BCUT2D eigenvalue weighted by Crippen LogP contribution is 2.33. The third-order valence-corrected chi connectivity index (χ3v) is 6.14. The van der Waals surface area contributed by atoms with E-state index in [2.05, 4.69) is 4.72 Å². The number of sulfonamides is 1. The second kappa shape index (κ2) is 6.70. The van der Waals surface area contributed by atoms with Gasteiger partial charge in [-0.05, 0) is 41.8 Å². The first-order valence-corrected chi connectivity index (χ1v) is 9.71. The third-order valence-electron chi connectivity index (χ3n) is 3.48. The van der Waals surface area contributed by atoms with Crippen LogP contribution in [-0.2, 0) is 15.6 Å². The van der Waals surface area contributed by atoms with Crippen LogP contribution in [0.1, 0.15) is 10.6 Å². The highest BCUT2D eigenvalue weighted by atomic mass is 35.5. The summed E-state index contributed by atoms with van der Waals surface area (Å²) >= 11 is 7.16. The van der Waals surface area contributed by atoms with Crippen molar-refractivity contribution in [2.24, 2.45) is 0 Å². The van der Waals surface area contributed by atoms with Crippen LogP contribution in [0.4, 0.5) is 0 Å². The van der Waals surface area contributed by atoms with Crippen LogP contribution in [0.2, 0.25) is 5.02 Å². The van der Waals surface area contributed by atoms with E-state index >= 15 is 0 Å². The maximum Gasteiger partial charge on any atom is 0.240 e. The van der Waals surface area contributed by atoms with Gasteiger partial charge in [-0.1, -0.05) is 23.7 Å². The molecule has 0 bridgehead atoms. The fourth-order valence-electron chi connectivity index (χ4n) is 2.24. The quantitative estimate of drug-likeness (QED) is 0.685. The normalized spacial score (nSPS) is 14.4. The molecular formula is C16H14ClNO4S2. The van der Waals surface area contributed by atoms with Crippen molar-refractivity contribution in [1.82, 2.24) is 4.72 Å². The Hall–Kier alpha value is -1.64. The summed E-state index contributed by atoms with van der Waals surface area (Å²) in [7, 11) is -3.83. The zero-order chi connectivity index (χ0) is 17.2. The topological polar surface area (TPSA) is 79.5 Å². The minimum atomic E-state index is -3.83. The Morgan fingerprint density at radius 1 is 1.21 bits per heavy atom. The first-order chi connectivity index (χ1) is 11.4. The molecule has 0 spiro atoms. The molecule has 5 nitrogen and oxygen atoms in total. The number of benzene rings is 1. The van der Waals surface area contributed by atoms with Gasteiger partial charge in [-0.15, -0.1) is 11.3 Å². The highest BCUT2D eigenvalue weighted by molar-refractivity contribution is 7.89. The molecule has 0 aliphatic carbocycles. The van der Waals surface area contributed by atoms with Gasteiger partial charge in [0.1, 0.15) is 5.76 Å². The molecule has 0 radical (unpaired) electrons. The zero-order valence-corrected chi connectivity index (χ0v) is 14.7. The number of rotatable bonds is 6. The molecule has 0 aliphatic rings. The number of hydrogen-bond acceptors (Lipinski definition) is 5. The smallest absolute Gasteiger partial charge is 0.240 e. The molecule has 0 saturated heterocycles. The van der Waals surface area contributed by atoms with Crippen LogP contribution >= 0.6 is 22.9 Å². The number of thiophene rings is 1. The van der Waals surface area contributed by atoms with Crippen molar-refractivity contribution in [3.63, 3.8) is 0 Å². The van der Waals surface area contributed by atoms with E-state index in [0.717, 1.165) is 0 Å². The van der Waals surface area contributed by atoms with Crippen molar-refractivity contribution in [3.05, 3.63) is 75.8 Å². The lowest BCUT2D eigenvalue weighted by molar-refractivity contribution is 0.0655. The van der Waals surface area contributed by atoms with Crippen LogP contribution in [0.3, 0.4) is 0 Å². The average molecular weight is 384 g/mol. The summed E-state index contributed by atoms with van der Waals surface area (Å²) in [5.74, 6) is 0.263. The van der Waals surface area contributed by atoms with Crippen molar-refractivity contribution >= 4 is 33.0 Å². The van der Waals surface area contributed by atoms with Gasteiger partial charge in [0.15, 0.2) is 5.60 Å². The number of halogens is 1. The second-order valence-corrected chi connectivity index (χ2v) is 8.25. The van der Waals surface area contributed by atoms with Crippen molar-refractivity contribution in [1.29, 1.82) is 0 Å². The molecule has 2 aromatic heterocycles. The van der Waals surface area contributed by atoms with Crippen LogP contribution in [0.25, 0.3) is 0 Å². The largest absolute Gasteiger partial charge is 0.466 e. The van der Waals surface area contributed by atoms with Crippen LogP contribution < -0.4 is 4.72 Å². The maximum atomic E-state index is 12.5. The molecule has 3 rings (SSSR count). The van der Waals surface area contributed by atoms with Gasteiger partial charge < -0.3 is 9.52 Å². The van der Waals surface area contributed by atoms with Gasteiger partial charge in [0.25, 0.3) is 0 Å². The molecule has 8 heteroatoms. The minimum absolute atomic E-state index is 0.0305. The number of hydrogen-bond donors (Lipinski definition) is 2. The van der Waals surface area contributed by atoms with Crippen LogP contribution in [0.5, 0.6) is 0 Å². The Morgan fingerprint density at radius 3 is 2.67 bits per heavy atom. The summed E-state index contributed by atoms with van der Waals surface area (Å²) in [6, 6.07) is 12.7. The third kappa shape index (κ3) is 3.40. The molecule has 126 valence electrons. The van der Waals surface area contributed by atoms with E-state index in [1.807, 2.05) is 0 Å². The summed E-state index contributed by atoms with van der Waals surface area (Å²) in [5.41, 5.74) is -1.59. The van der Waals surface area contributed by atoms with E-state index in [1.165, 1.54) is 29.7 Å². The zero-order valence-electron chi connectivity index (χ0n) is 12.3. The van der Waals surface area contributed by atoms with E-state index in [9.17, 15) is 13.5 Å². The molecule has 2 heterocycles. The first kappa shape index (κ1) is 17.2. The number of furan rings is 1. The molecule has 3 aromatic rings. The summed E-state index contributed by atoms with van der Waals surface area (Å²) in [4.78, 5) is 0.606. The lowest BCUT2D eigenvalue weighted by Gasteiger charge is -2.25. The van der Waals surface area contributed by atoms with Crippen molar-refractivity contribution in [2.75, 3.05) is 6.54 Å². The van der Waals surface area contributed by atoms with E-state index < -0.39 is 15.6 Å². The standard InChI is InChI=1S/C16H14ClNO4S2/c17-12-4-1-5-13(10-12)24(20,21)18-11-16(19,14-6-2-8-22-14)15-7-3-9-23-15/h1-10,18-19H,11H2. The Bertz CT molecular complexity index is 871. The Kier molecular flexibility index (Phi) is 4.80. The van der Waals surface area contributed by atoms with E-state index in [4.69, 9.17) is 16.0 Å². The van der Waals surface area contributed by atoms with E-state index in [0.29, 0.717) is 9.90 Å². The Morgan fingerprint density at radius 2 is 2.04 bits per heavy atom. The van der Waals surface area contributed by atoms with Gasteiger partial charge >= 0.3 is 0 Å². The minimum Gasteiger partial charge on any atom is -0.466 e. The van der Waals surface area contributed by atoms with E-state index in [1.54, 1.807) is 41.8 Å². The monoisotopic (exact) mass is 383 g/mol. The Labute approximate surface area is 148 Å². The van der Waals surface area contributed by atoms with Gasteiger partial charge in [-0.25, -0.2) is 13.1 Å². The predicted molar refractivity (Wildman–Crippen MR) is 92.7 cm³/mol. The Balaban J connectivity index is 1.90. The predicted octanol–water partition coefficient (Wildman–Crippen LogP) is 3.21. The second-order valence-electron chi connectivity index (χ2n) is 5.10. The molecule has 1 unspecified atom stereocenters. The molecular weight excluding hydrogens is 370 g/mol. The van der Waals surface area contributed by atoms with Crippen molar-refractivity contribution in [3.8, 4) is 0 Å². The highest BCUT2D eigenvalue weighted by Gasteiger charge is 2.37. The average Bonchev–Trinajstić information content (AvgIpc) is 3.26. The van der Waals surface area contributed by atoms with Crippen molar-refractivity contribution < 1.29 is 17.9 Å². The molecule has 0 aliphatic heterocycles. The molecule has 1 aromatic carbocycles. The summed E-state index contributed by atoms with van der Waals surface area (Å²) in [6.07, 6.45) is 1.43. The van der Waals surface area contributed by atoms with Gasteiger partial charge in [0.05, 0.1) is 17.7 Å².